The van der Waals surface area contributed by atoms with Crippen molar-refractivity contribution in [1.82, 2.24) is 10.3 Å². The van der Waals surface area contributed by atoms with Crippen LogP contribution in [0.15, 0.2) is 36.5 Å². The summed E-state index contributed by atoms with van der Waals surface area (Å²) in [6.07, 6.45) is 2.40. The minimum atomic E-state index is -0.173. The van der Waals surface area contributed by atoms with E-state index in [9.17, 15) is 4.79 Å². The number of H-pyrrole nitrogens is 1. The van der Waals surface area contributed by atoms with Gasteiger partial charge in [-0.15, -0.1) is 0 Å². The van der Waals surface area contributed by atoms with Gasteiger partial charge in [-0.3, -0.25) is 4.79 Å². The molecule has 0 aliphatic carbocycles. The van der Waals surface area contributed by atoms with Crippen molar-refractivity contribution in [2.75, 3.05) is 19.8 Å². The Hall–Kier alpha value is -2.34. The van der Waals surface area contributed by atoms with Gasteiger partial charge in [0.15, 0.2) is 11.5 Å². The Labute approximate surface area is 147 Å². The third-order valence-electron chi connectivity index (χ3n) is 3.37. The van der Waals surface area contributed by atoms with Gasteiger partial charge in [-0.05, 0) is 50.1 Å². The summed E-state index contributed by atoms with van der Waals surface area (Å²) in [7, 11) is 0. The van der Waals surface area contributed by atoms with Crippen LogP contribution in [0.4, 0.5) is 0 Å². The third kappa shape index (κ3) is 4.83. The Morgan fingerprint density at radius 2 is 1.92 bits per heavy atom. The van der Waals surface area contributed by atoms with Crippen LogP contribution in [0.3, 0.4) is 0 Å². The van der Waals surface area contributed by atoms with E-state index in [0.717, 1.165) is 17.1 Å². The number of ether oxygens (including phenoxy) is 2. The maximum Gasteiger partial charge on any atom is 0.254 e. The van der Waals surface area contributed by atoms with Gasteiger partial charge in [-0.25, -0.2) is 0 Å². The lowest BCUT2D eigenvalue weighted by Crippen LogP contribution is -2.26. The van der Waals surface area contributed by atoms with Gasteiger partial charge in [0.25, 0.3) is 5.91 Å². The van der Waals surface area contributed by atoms with E-state index < -0.39 is 0 Å². The second kappa shape index (κ2) is 9.08. The molecule has 0 bridgehead atoms. The molecule has 1 aromatic carbocycles. The van der Waals surface area contributed by atoms with Crippen LogP contribution in [-0.4, -0.2) is 30.6 Å². The summed E-state index contributed by atoms with van der Waals surface area (Å²) in [5, 5.41) is 2.88. The van der Waals surface area contributed by atoms with Crippen molar-refractivity contribution >= 4 is 18.1 Å². The molecular weight excluding hydrogens is 324 g/mol. The molecule has 0 saturated heterocycles. The monoisotopic (exact) mass is 346 g/mol. The molecule has 0 unspecified atom stereocenters. The second-order valence-corrected chi connectivity index (χ2v) is 5.47. The molecule has 0 aliphatic rings. The highest BCUT2D eigenvalue weighted by molar-refractivity contribution is 7.71. The van der Waals surface area contributed by atoms with Crippen LogP contribution >= 0.6 is 12.2 Å². The van der Waals surface area contributed by atoms with Gasteiger partial charge in [0, 0.05) is 12.7 Å². The van der Waals surface area contributed by atoms with Crippen LogP contribution in [-0.2, 0) is 6.42 Å². The predicted molar refractivity (Wildman–Crippen MR) is 96.4 cm³/mol. The van der Waals surface area contributed by atoms with Crippen LogP contribution in [0, 0.1) is 4.64 Å². The Morgan fingerprint density at radius 1 is 1.17 bits per heavy atom. The van der Waals surface area contributed by atoms with Crippen LogP contribution in [0.1, 0.15) is 29.8 Å². The Bertz CT molecular complexity index is 743. The fraction of sp³-hybridized carbons (Fsp3) is 0.333. The number of aromatic amines is 1. The maximum absolute atomic E-state index is 12.1. The van der Waals surface area contributed by atoms with Gasteiger partial charge in [-0.2, -0.15) is 0 Å². The average molecular weight is 346 g/mol. The molecule has 1 amide bonds. The summed E-state index contributed by atoms with van der Waals surface area (Å²) in [4.78, 5) is 15.0. The number of nitrogens with one attached hydrogen (secondary N) is 2. The Balaban J connectivity index is 1.97. The number of hydrogen-bond donors (Lipinski definition) is 2. The maximum atomic E-state index is 12.1. The fourth-order valence-corrected chi connectivity index (χ4v) is 2.50. The fourth-order valence-electron chi connectivity index (χ4n) is 2.27. The zero-order valence-electron chi connectivity index (χ0n) is 13.9. The average Bonchev–Trinajstić information content (AvgIpc) is 2.58. The molecule has 2 N–H and O–H groups in total. The van der Waals surface area contributed by atoms with E-state index in [0.29, 0.717) is 36.4 Å². The molecular formula is C18H22N2O3S. The van der Waals surface area contributed by atoms with Crippen LogP contribution in [0.25, 0.3) is 0 Å². The van der Waals surface area contributed by atoms with Crippen molar-refractivity contribution < 1.29 is 14.3 Å². The number of carbonyl (C=O) groups is 1. The van der Waals surface area contributed by atoms with Gasteiger partial charge in [-0.1, -0.05) is 18.3 Å². The molecule has 0 spiro atoms. The standard InChI is InChI=1S/C18H22N2O3S/c1-3-22-15-8-7-13(12-16(15)23-4-2)9-11-19-17(21)14-6-5-10-20-18(14)24/h5-8,10,12H,3-4,9,11H2,1-2H3,(H,19,21)(H,20,24). The van der Waals surface area contributed by atoms with Crippen molar-refractivity contribution in [3.05, 3.63) is 52.3 Å². The minimum Gasteiger partial charge on any atom is -0.490 e. The SMILES string of the molecule is CCOc1ccc(CCNC(=O)c2ccc[nH]c2=S)cc1OCC. The second-order valence-electron chi connectivity index (χ2n) is 5.07. The van der Waals surface area contributed by atoms with Crippen LogP contribution < -0.4 is 14.8 Å². The van der Waals surface area contributed by atoms with Gasteiger partial charge in [0.05, 0.1) is 18.8 Å². The predicted octanol–water partition coefficient (Wildman–Crippen LogP) is 3.51. The van der Waals surface area contributed by atoms with E-state index in [1.807, 2.05) is 32.0 Å². The van der Waals surface area contributed by atoms with E-state index in [2.05, 4.69) is 10.3 Å². The van der Waals surface area contributed by atoms with E-state index in [4.69, 9.17) is 21.7 Å². The van der Waals surface area contributed by atoms with Gasteiger partial charge in [0.1, 0.15) is 4.64 Å². The van der Waals surface area contributed by atoms with Gasteiger partial charge in [0.2, 0.25) is 0 Å². The molecule has 2 aromatic rings. The minimum absolute atomic E-state index is 0.173. The first-order chi connectivity index (χ1) is 11.7. The first kappa shape index (κ1) is 18.0. The molecule has 0 atom stereocenters. The number of hydrogen-bond acceptors (Lipinski definition) is 4. The summed E-state index contributed by atoms with van der Waals surface area (Å²) in [6, 6.07) is 9.30. The van der Waals surface area contributed by atoms with Crippen molar-refractivity contribution in [1.29, 1.82) is 0 Å². The van der Waals surface area contributed by atoms with Gasteiger partial charge >= 0.3 is 0 Å². The van der Waals surface area contributed by atoms with Crippen molar-refractivity contribution in [2.45, 2.75) is 20.3 Å². The highest BCUT2D eigenvalue weighted by Gasteiger charge is 2.08. The summed E-state index contributed by atoms with van der Waals surface area (Å²) in [5.41, 5.74) is 1.55. The third-order valence-corrected chi connectivity index (χ3v) is 3.71. The quantitative estimate of drug-likeness (QED) is 0.718. The Kier molecular flexibility index (Phi) is 6.81. The van der Waals surface area contributed by atoms with E-state index in [-0.39, 0.29) is 5.91 Å². The van der Waals surface area contributed by atoms with Crippen molar-refractivity contribution in [2.24, 2.45) is 0 Å². The molecule has 0 saturated carbocycles. The zero-order chi connectivity index (χ0) is 17.4. The van der Waals surface area contributed by atoms with Crippen molar-refractivity contribution in [3.8, 4) is 11.5 Å². The smallest absolute Gasteiger partial charge is 0.254 e. The number of aromatic nitrogens is 1. The topological polar surface area (TPSA) is 63.3 Å². The number of pyridine rings is 1. The number of rotatable bonds is 8. The summed E-state index contributed by atoms with van der Waals surface area (Å²) in [6.45, 7) is 5.56. The Morgan fingerprint density at radius 3 is 2.62 bits per heavy atom. The highest BCUT2D eigenvalue weighted by atomic mass is 32.1. The molecule has 128 valence electrons. The van der Waals surface area contributed by atoms with Crippen LogP contribution in [0.2, 0.25) is 0 Å². The molecule has 1 heterocycles. The summed E-state index contributed by atoms with van der Waals surface area (Å²) >= 11 is 5.11. The number of benzene rings is 1. The first-order valence-electron chi connectivity index (χ1n) is 8.00. The molecule has 0 aliphatic heterocycles. The highest BCUT2D eigenvalue weighted by Crippen LogP contribution is 2.28. The molecule has 2 rings (SSSR count). The number of amides is 1. The van der Waals surface area contributed by atoms with E-state index >= 15 is 0 Å². The molecule has 0 radical (unpaired) electrons. The zero-order valence-corrected chi connectivity index (χ0v) is 14.7. The molecule has 24 heavy (non-hydrogen) atoms. The lowest BCUT2D eigenvalue weighted by molar-refractivity contribution is 0.0953. The molecule has 6 heteroatoms. The molecule has 5 nitrogen and oxygen atoms in total. The first-order valence-corrected chi connectivity index (χ1v) is 8.41. The summed E-state index contributed by atoms with van der Waals surface area (Å²) in [5.74, 6) is 1.30. The molecule has 1 aromatic heterocycles. The molecule has 0 fully saturated rings. The van der Waals surface area contributed by atoms with Crippen LogP contribution in [0.5, 0.6) is 11.5 Å². The largest absolute Gasteiger partial charge is 0.490 e. The number of carbonyl (C=O) groups excluding carboxylic acids is 1. The lowest BCUT2D eigenvalue weighted by Gasteiger charge is -2.12. The van der Waals surface area contributed by atoms with Gasteiger partial charge < -0.3 is 19.8 Å². The van der Waals surface area contributed by atoms with E-state index in [1.165, 1.54) is 0 Å². The normalized spacial score (nSPS) is 10.2. The lowest BCUT2D eigenvalue weighted by atomic mass is 10.1. The van der Waals surface area contributed by atoms with Crippen molar-refractivity contribution in [3.63, 3.8) is 0 Å². The van der Waals surface area contributed by atoms with E-state index in [1.54, 1.807) is 18.3 Å². The summed E-state index contributed by atoms with van der Waals surface area (Å²) < 4.78 is 11.6.